The van der Waals surface area contributed by atoms with Crippen molar-refractivity contribution in [3.8, 4) is 0 Å². The largest absolute Gasteiger partial charge is 0.370 e. The SMILES string of the molecule is CCCS(=O)(=O)c1ccccc1C(=O)Nc1ccc(N2CCCCC2)c(Cl)c1. The molecular formula is C21H25ClN2O3S. The number of nitrogens with one attached hydrogen (secondary N) is 1. The lowest BCUT2D eigenvalue weighted by atomic mass is 10.1. The molecule has 0 unspecified atom stereocenters. The first-order valence-electron chi connectivity index (χ1n) is 9.60. The van der Waals surface area contributed by atoms with Gasteiger partial charge in [-0.3, -0.25) is 4.79 Å². The molecule has 0 aromatic heterocycles. The predicted molar refractivity (Wildman–Crippen MR) is 114 cm³/mol. The van der Waals surface area contributed by atoms with Gasteiger partial charge in [0, 0.05) is 18.8 Å². The second kappa shape index (κ2) is 8.97. The van der Waals surface area contributed by atoms with Gasteiger partial charge in [-0.05, 0) is 56.0 Å². The highest BCUT2D eigenvalue weighted by molar-refractivity contribution is 7.91. The van der Waals surface area contributed by atoms with Gasteiger partial charge in [0.25, 0.3) is 5.91 Å². The molecule has 1 amide bonds. The number of nitrogens with zero attached hydrogens (tertiary/aromatic N) is 1. The Kier molecular flexibility index (Phi) is 6.62. The average Bonchev–Trinajstić information content (AvgIpc) is 2.69. The Hall–Kier alpha value is -2.05. The minimum absolute atomic E-state index is 0.00759. The summed E-state index contributed by atoms with van der Waals surface area (Å²) in [5.74, 6) is -0.453. The highest BCUT2D eigenvalue weighted by Gasteiger charge is 2.22. The van der Waals surface area contributed by atoms with Crippen molar-refractivity contribution in [1.82, 2.24) is 0 Å². The molecule has 5 nitrogen and oxygen atoms in total. The molecule has 1 heterocycles. The lowest BCUT2D eigenvalue weighted by Crippen LogP contribution is -2.29. The van der Waals surface area contributed by atoms with E-state index in [9.17, 15) is 13.2 Å². The summed E-state index contributed by atoms with van der Waals surface area (Å²) < 4.78 is 25.0. The number of sulfone groups is 1. The van der Waals surface area contributed by atoms with Crippen LogP contribution in [0.5, 0.6) is 0 Å². The molecule has 1 N–H and O–H groups in total. The number of amides is 1. The van der Waals surface area contributed by atoms with Crippen molar-refractivity contribution in [2.24, 2.45) is 0 Å². The summed E-state index contributed by atoms with van der Waals surface area (Å²) in [5.41, 5.74) is 1.65. The fourth-order valence-electron chi connectivity index (χ4n) is 3.48. The molecule has 1 aliphatic rings. The second-order valence-corrected chi connectivity index (χ2v) is 9.47. The molecule has 0 bridgehead atoms. The van der Waals surface area contributed by atoms with Gasteiger partial charge >= 0.3 is 0 Å². The summed E-state index contributed by atoms with van der Waals surface area (Å²) in [6.07, 6.45) is 4.03. The molecule has 1 saturated heterocycles. The Bertz CT molecular complexity index is 954. The maximum atomic E-state index is 12.8. The molecule has 0 radical (unpaired) electrons. The Morgan fingerprint density at radius 3 is 2.50 bits per heavy atom. The van der Waals surface area contributed by atoms with Gasteiger partial charge in [-0.15, -0.1) is 0 Å². The average molecular weight is 421 g/mol. The van der Waals surface area contributed by atoms with Crippen LogP contribution in [0.1, 0.15) is 43.0 Å². The van der Waals surface area contributed by atoms with Crippen LogP contribution < -0.4 is 10.2 Å². The first-order valence-corrected chi connectivity index (χ1v) is 11.6. The lowest BCUT2D eigenvalue weighted by Gasteiger charge is -2.29. The minimum atomic E-state index is -3.50. The summed E-state index contributed by atoms with van der Waals surface area (Å²) in [4.78, 5) is 15.1. The molecule has 0 atom stereocenters. The van der Waals surface area contributed by atoms with Crippen molar-refractivity contribution >= 4 is 38.7 Å². The molecule has 1 fully saturated rings. The van der Waals surface area contributed by atoms with E-state index in [1.807, 2.05) is 6.07 Å². The van der Waals surface area contributed by atoms with Crippen LogP contribution in [0.2, 0.25) is 5.02 Å². The van der Waals surface area contributed by atoms with E-state index in [0.29, 0.717) is 17.1 Å². The molecule has 0 aliphatic carbocycles. The van der Waals surface area contributed by atoms with Crippen LogP contribution >= 0.6 is 11.6 Å². The number of piperidine rings is 1. The van der Waals surface area contributed by atoms with Gasteiger partial charge in [-0.2, -0.15) is 0 Å². The smallest absolute Gasteiger partial charge is 0.256 e. The van der Waals surface area contributed by atoms with E-state index in [2.05, 4.69) is 10.2 Å². The molecule has 28 heavy (non-hydrogen) atoms. The zero-order chi connectivity index (χ0) is 20.1. The number of anilines is 2. The maximum absolute atomic E-state index is 12.8. The summed E-state index contributed by atoms with van der Waals surface area (Å²) in [6, 6.07) is 11.7. The number of rotatable bonds is 6. The van der Waals surface area contributed by atoms with Crippen LogP contribution in [0.25, 0.3) is 0 Å². The van der Waals surface area contributed by atoms with Crippen LogP contribution in [0, 0.1) is 0 Å². The van der Waals surface area contributed by atoms with E-state index in [0.717, 1.165) is 31.6 Å². The molecule has 7 heteroatoms. The number of halogens is 1. The third-order valence-electron chi connectivity index (χ3n) is 4.84. The van der Waals surface area contributed by atoms with Crippen LogP contribution in [-0.2, 0) is 9.84 Å². The van der Waals surface area contributed by atoms with Gasteiger partial charge in [0.2, 0.25) is 0 Å². The van der Waals surface area contributed by atoms with Gasteiger partial charge in [0.05, 0.1) is 26.9 Å². The summed E-state index contributed by atoms with van der Waals surface area (Å²) in [6.45, 7) is 3.76. The highest BCUT2D eigenvalue weighted by Crippen LogP contribution is 2.31. The fourth-order valence-corrected chi connectivity index (χ4v) is 5.32. The zero-order valence-electron chi connectivity index (χ0n) is 15.9. The minimum Gasteiger partial charge on any atom is -0.370 e. The van der Waals surface area contributed by atoms with Crippen molar-refractivity contribution in [1.29, 1.82) is 0 Å². The van der Waals surface area contributed by atoms with Crippen molar-refractivity contribution < 1.29 is 13.2 Å². The van der Waals surface area contributed by atoms with Crippen LogP contribution in [0.4, 0.5) is 11.4 Å². The number of hydrogen-bond donors (Lipinski definition) is 1. The first kappa shape index (κ1) is 20.7. The van der Waals surface area contributed by atoms with E-state index in [-0.39, 0.29) is 16.2 Å². The fraction of sp³-hybridized carbons (Fsp3) is 0.381. The van der Waals surface area contributed by atoms with Crippen LogP contribution in [0.3, 0.4) is 0 Å². The maximum Gasteiger partial charge on any atom is 0.256 e. The second-order valence-electron chi connectivity index (χ2n) is 6.98. The van der Waals surface area contributed by atoms with E-state index >= 15 is 0 Å². The number of carbonyl (C=O) groups is 1. The molecule has 150 valence electrons. The Balaban J connectivity index is 1.81. The molecule has 2 aromatic carbocycles. The van der Waals surface area contributed by atoms with Gasteiger partial charge in [0.15, 0.2) is 9.84 Å². The Morgan fingerprint density at radius 1 is 1.11 bits per heavy atom. The standard InChI is InChI=1S/C21H25ClN2O3S/c1-2-14-28(26,27)20-9-5-4-8-17(20)21(25)23-16-10-11-19(18(22)15-16)24-12-6-3-7-13-24/h4-5,8-11,15H,2-3,6-7,12-14H2,1H3,(H,23,25). The van der Waals surface area contributed by atoms with Gasteiger partial charge < -0.3 is 10.2 Å². The summed E-state index contributed by atoms with van der Waals surface area (Å²) >= 11 is 6.45. The number of benzene rings is 2. The third kappa shape index (κ3) is 4.67. The first-order chi connectivity index (χ1) is 13.4. The van der Waals surface area contributed by atoms with Gasteiger partial charge in [-0.1, -0.05) is 30.7 Å². The summed E-state index contributed by atoms with van der Waals surface area (Å²) in [5, 5.41) is 3.35. The lowest BCUT2D eigenvalue weighted by molar-refractivity contribution is 0.102. The van der Waals surface area contributed by atoms with Crippen molar-refractivity contribution in [3.05, 3.63) is 53.1 Å². The monoisotopic (exact) mass is 420 g/mol. The Labute approximate surface area is 171 Å². The van der Waals surface area contributed by atoms with Crippen LogP contribution in [0.15, 0.2) is 47.4 Å². The highest BCUT2D eigenvalue weighted by atomic mass is 35.5. The molecular weight excluding hydrogens is 396 g/mol. The van der Waals surface area contributed by atoms with Gasteiger partial charge in [-0.25, -0.2) is 8.42 Å². The third-order valence-corrected chi connectivity index (χ3v) is 7.12. The molecule has 2 aromatic rings. The predicted octanol–water partition coefficient (Wildman–Crippen LogP) is 4.77. The van der Waals surface area contributed by atoms with Crippen molar-refractivity contribution in [2.45, 2.75) is 37.5 Å². The number of carbonyl (C=O) groups excluding carboxylic acids is 1. The van der Waals surface area contributed by atoms with E-state index in [4.69, 9.17) is 11.6 Å². The van der Waals surface area contributed by atoms with E-state index in [1.165, 1.54) is 18.6 Å². The topological polar surface area (TPSA) is 66.5 Å². The number of hydrogen-bond acceptors (Lipinski definition) is 4. The van der Waals surface area contributed by atoms with Crippen LogP contribution in [-0.4, -0.2) is 33.2 Å². The van der Waals surface area contributed by atoms with Crippen molar-refractivity contribution in [3.63, 3.8) is 0 Å². The molecule has 1 aliphatic heterocycles. The van der Waals surface area contributed by atoms with E-state index in [1.54, 1.807) is 31.2 Å². The summed E-state index contributed by atoms with van der Waals surface area (Å²) in [7, 11) is -3.50. The molecule has 0 spiro atoms. The zero-order valence-corrected chi connectivity index (χ0v) is 17.5. The van der Waals surface area contributed by atoms with E-state index < -0.39 is 15.7 Å². The quantitative estimate of drug-likeness (QED) is 0.731. The Morgan fingerprint density at radius 2 is 1.82 bits per heavy atom. The molecule has 3 rings (SSSR count). The normalized spacial score (nSPS) is 14.7. The molecule has 0 saturated carbocycles. The van der Waals surface area contributed by atoms with Gasteiger partial charge in [0.1, 0.15) is 0 Å². The van der Waals surface area contributed by atoms with Crippen molar-refractivity contribution in [2.75, 3.05) is 29.1 Å².